The van der Waals surface area contributed by atoms with E-state index in [9.17, 15) is 9.59 Å². The summed E-state index contributed by atoms with van der Waals surface area (Å²) in [5, 5.41) is 8.97. The van der Waals surface area contributed by atoms with Gasteiger partial charge in [-0.25, -0.2) is 4.79 Å². The van der Waals surface area contributed by atoms with E-state index in [0.29, 0.717) is 13.1 Å². The maximum Gasteiger partial charge on any atom is 0.335 e. The van der Waals surface area contributed by atoms with Gasteiger partial charge in [-0.05, 0) is 42.5 Å². The van der Waals surface area contributed by atoms with Crippen LogP contribution in [0.3, 0.4) is 0 Å². The molecule has 5 heteroatoms. The molecule has 1 fully saturated rings. The highest BCUT2D eigenvalue weighted by molar-refractivity contribution is 5.89. The topological polar surface area (TPSA) is 83.6 Å². The predicted octanol–water partition coefficient (Wildman–Crippen LogP) is 1.11. The lowest BCUT2D eigenvalue weighted by molar-refractivity contribution is -0.140. The number of rotatable bonds is 2. The maximum absolute atomic E-state index is 12.3. The van der Waals surface area contributed by atoms with Gasteiger partial charge in [0.05, 0.1) is 11.1 Å². The lowest BCUT2D eigenvalue weighted by Crippen LogP contribution is -2.58. The molecule has 1 saturated carbocycles. The van der Waals surface area contributed by atoms with Crippen molar-refractivity contribution < 1.29 is 14.7 Å². The Morgan fingerprint density at radius 3 is 2.47 bits per heavy atom. The molecule has 0 unspecified atom stereocenters. The summed E-state index contributed by atoms with van der Waals surface area (Å²) in [5.74, 6) is -0.950. The van der Waals surface area contributed by atoms with E-state index in [4.69, 9.17) is 10.8 Å². The molecule has 1 amide bonds. The first kappa shape index (κ1) is 12.2. The van der Waals surface area contributed by atoms with Crippen LogP contribution in [-0.2, 0) is 17.9 Å². The Labute approximate surface area is 111 Å². The first-order valence-corrected chi connectivity index (χ1v) is 6.43. The van der Waals surface area contributed by atoms with Gasteiger partial charge in [-0.15, -0.1) is 0 Å². The third-order valence-corrected chi connectivity index (χ3v) is 4.13. The average molecular weight is 260 g/mol. The smallest absolute Gasteiger partial charge is 0.335 e. The number of hydrogen-bond donors (Lipinski definition) is 2. The second kappa shape index (κ2) is 4.06. The molecule has 0 radical (unpaired) electrons. The van der Waals surface area contributed by atoms with E-state index < -0.39 is 11.5 Å². The van der Waals surface area contributed by atoms with Crippen molar-refractivity contribution in [1.29, 1.82) is 0 Å². The van der Waals surface area contributed by atoms with Crippen LogP contribution in [-0.4, -0.2) is 27.4 Å². The number of amides is 1. The summed E-state index contributed by atoms with van der Waals surface area (Å²) in [6, 6.07) is 5.02. The molecule has 3 rings (SSSR count). The van der Waals surface area contributed by atoms with Crippen LogP contribution in [0.4, 0.5) is 0 Å². The summed E-state index contributed by atoms with van der Waals surface area (Å²) in [6.45, 7) is 1.00. The maximum atomic E-state index is 12.3. The Bertz CT molecular complexity index is 564. The Hall–Kier alpha value is -1.88. The van der Waals surface area contributed by atoms with Gasteiger partial charge in [0.25, 0.3) is 0 Å². The number of hydrogen-bond acceptors (Lipinski definition) is 3. The summed E-state index contributed by atoms with van der Waals surface area (Å²) in [4.78, 5) is 25.0. The highest BCUT2D eigenvalue weighted by Gasteiger charge is 2.43. The first-order chi connectivity index (χ1) is 8.99. The Morgan fingerprint density at radius 1 is 1.21 bits per heavy atom. The summed E-state index contributed by atoms with van der Waals surface area (Å²) >= 11 is 0. The molecule has 0 atom stereocenters. The number of carboxylic acid groups (broad SMARTS) is 1. The summed E-state index contributed by atoms with van der Waals surface area (Å²) in [7, 11) is 0. The quantitative estimate of drug-likeness (QED) is 0.834. The van der Waals surface area contributed by atoms with Crippen LogP contribution in [0.15, 0.2) is 18.2 Å². The number of nitrogens with two attached hydrogens (primary N) is 1. The van der Waals surface area contributed by atoms with Gasteiger partial charge in [0.15, 0.2) is 0 Å². The van der Waals surface area contributed by atoms with Gasteiger partial charge in [0.1, 0.15) is 0 Å². The minimum Gasteiger partial charge on any atom is -0.478 e. The number of nitrogens with zero attached hydrogens (tertiary/aromatic N) is 1. The van der Waals surface area contributed by atoms with Crippen LogP contribution in [0.2, 0.25) is 0 Å². The molecule has 0 aromatic heterocycles. The summed E-state index contributed by atoms with van der Waals surface area (Å²) in [5.41, 5.74) is 7.56. The minimum atomic E-state index is -0.943. The number of carbonyl (C=O) groups excluding carboxylic acids is 1. The number of fused-ring (bicyclic) bond motifs is 1. The second-order valence-electron chi connectivity index (χ2n) is 5.46. The van der Waals surface area contributed by atoms with Gasteiger partial charge < -0.3 is 15.7 Å². The van der Waals surface area contributed by atoms with Gasteiger partial charge >= 0.3 is 5.97 Å². The van der Waals surface area contributed by atoms with Crippen molar-refractivity contribution in [3.63, 3.8) is 0 Å². The zero-order valence-electron chi connectivity index (χ0n) is 10.6. The second-order valence-corrected chi connectivity index (χ2v) is 5.46. The summed E-state index contributed by atoms with van der Waals surface area (Å²) in [6.07, 6.45) is 2.50. The van der Waals surface area contributed by atoms with Crippen molar-refractivity contribution in [3.8, 4) is 0 Å². The molecular formula is C14H16N2O3. The standard InChI is InChI=1S/C14H16N2O3/c15-14(4-1-5-14)13(19)16-7-10-3-2-9(12(17)18)6-11(10)8-16/h2-3,6H,1,4-5,7-8,15H2,(H,17,18). The van der Waals surface area contributed by atoms with Crippen LogP contribution < -0.4 is 5.73 Å². The largest absolute Gasteiger partial charge is 0.478 e. The van der Waals surface area contributed by atoms with Crippen LogP contribution in [0.25, 0.3) is 0 Å². The number of benzene rings is 1. The van der Waals surface area contributed by atoms with E-state index in [1.165, 1.54) is 0 Å². The molecule has 1 aromatic rings. The third kappa shape index (κ3) is 1.90. The Kier molecular flexibility index (Phi) is 2.60. The monoisotopic (exact) mass is 260 g/mol. The molecule has 19 heavy (non-hydrogen) atoms. The average Bonchev–Trinajstić information content (AvgIpc) is 2.77. The highest BCUT2D eigenvalue weighted by Crippen LogP contribution is 2.34. The fraction of sp³-hybridized carbons (Fsp3) is 0.429. The van der Waals surface area contributed by atoms with Crippen molar-refractivity contribution >= 4 is 11.9 Å². The number of carbonyl (C=O) groups is 2. The molecule has 100 valence electrons. The van der Waals surface area contributed by atoms with Crippen molar-refractivity contribution in [1.82, 2.24) is 4.90 Å². The third-order valence-electron chi connectivity index (χ3n) is 4.13. The molecule has 2 aliphatic rings. The van der Waals surface area contributed by atoms with E-state index >= 15 is 0 Å². The zero-order chi connectivity index (χ0) is 13.6. The molecular weight excluding hydrogens is 244 g/mol. The lowest BCUT2D eigenvalue weighted by atomic mass is 9.76. The van der Waals surface area contributed by atoms with E-state index in [0.717, 1.165) is 30.4 Å². The van der Waals surface area contributed by atoms with Gasteiger partial charge in [0, 0.05) is 13.1 Å². The van der Waals surface area contributed by atoms with Crippen molar-refractivity contribution in [2.24, 2.45) is 5.73 Å². The normalized spacial score (nSPS) is 19.7. The molecule has 1 heterocycles. The van der Waals surface area contributed by atoms with Gasteiger partial charge in [-0.1, -0.05) is 6.07 Å². The first-order valence-electron chi connectivity index (χ1n) is 6.43. The minimum absolute atomic E-state index is 0.00757. The molecule has 1 aliphatic heterocycles. The molecule has 0 bridgehead atoms. The predicted molar refractivity (Wildman–Crippen MR) is 68.4 cm³/mol. The molecule has 1 aliphatic carbocycles. The van der Waals surface area contributed by atoms with E-state index in [-0.39, 0.29) is 11.5 Å². The Morgan fingerprint density at radius 2 is 1.89 bits per heavy atom. The lowest BCUT2D eigenvalue weighted by Gasteiger charge is -2.39. The SMILES string of the molecule is NC1(C(=O)N2Cc3ccc(C(=O)O)cc3C2)CCC1. The van der Waals surface area contributed by atoms with Gasteiger partial charge in [-0.2, -0.15) is 0 Å². The van der Waals surface area contributed by atoms with Crippen LogP contribution in [0.5, 0.6) is 0 Å². The van der Waals surface area contributed by atoms with E-state index in [1.807, 2.05) is 0 Å². The van der Waals surface area contributed by atoms with Crippen molar-refractivity contribution in [2.45, 2.75) is 37.9 Å². The molecule has 1 aromatic carbocycles. The molecule has 3 N–H and O–H groups in total. The Balaban J connectivity index is 1.80. The van der Waals surface area contributed by atoms with Crippen molar-refractivity contribution in [3.05, 3.63) is 34.9 Å². The fourth-order valence-corrected chi connectivity index (χ4v) is 2.76. The number of carboxylic acids is 1. The highest BCUT2D eigenvalue weighted by atomic mass is 16.4. The van der Waals surface area contributed by atoms with Crippen LogP contribution in [0, 0.1) is 0 Å². The van der Waals surface area contributed by atoms with Gasteiger partial charge in [-0.3, -0.25) is 4.79 Å². The van der Waals surface area contributed by atoms with Gasteiger partial charge in [0.2, 0.25) is 5.91 Å². The van der Waals surface area contributed by atoms with E-state index in [2.05, 4.69) is 0 Å². The fourth-order valence-electron chi connectivity index (χ4n) is 2.76. The van der Waals surface area contributed by atoms with Crippen LogP contribution >= 0.6 is 0 Å². The molecule has 5 nitrogen and oxygen atoms in total. The zero-order valence-corrected chi connectivity index (χ0v) is 10.6. The molecule has 0 saturated heterocycles. The van der Waals surface area contributed by atoms with Crippen LogP contribution in [0.1, 0.15) is 40.7 Å². The number of aromatic carboxylic acids is 1. The summed E-state index contributed by atoms with van der Waals surface area (Å²) < 4.78 is 0. The molecule has 0 spiro atoms. The van der Waals surface area contributed by atoms with E-state index in [1.54, 1.807) is 23.1 Å². The van der Waals surface area contributed by atoms with Crippen molar-refractivity contribution in [2.75, 3.05) is 0 Å².